The predicted molar refractivity (Wildman–Crippen MR) is 65.7 cm³/mol. The first kappa shape index (κ1) is 11.4. The van der Waals surface area contributed by atoms with Gasteiger partial charge in [-0.25, -0.2) is 0 Å². The van der Waals surface area contributed by atoms with Crippen LogP contribution in [0.1, 0.15) is 38.5 Å². The maximum Gasteiger partial charge on any atom is 0.233 e. The molecule has 0 bridgehead atoms. The molecule has 2 amide bonds. The van der Waals surface area contributed by atoms with Gasteiger partial charge in [0.2, 0.25) is 11.8 Å². The Morgan fingerprint density at radius 2 is 2.00 bits per heavy atom. The van der Waals surface area contributed by atoms with Crippen LogP contribution >= 0.6 is 22.6 Å². The maximum atomic E-state index is 11.8. The number of hydrogen-bond acceptors (Lipinski definition) is 2. The van der Waals surface area contributed by atoms with Crippen LogP contribution in [0.5, 0.6) is 0 Å². The summed E-state index contributed by atoms with van der Waals surface area (Å²) in [6.07, 6.45) is 5.93. The summed E-state index contributed by atoms with van der Waals surface area (Å²) in [4.78, 5) is 23.6. The second-order valence-corrected chi connectivity index (χ2v) is 5.64. The van der Waals surface area contributed by atoms with Crippen molar-refractivity contribution in [2.75, 3.05) is 4.43 Å². The number of amides is 2. The van der Waals surface area contributed by atoms with Gasteiger partial charge in [-0.05, 0) is 30.1 Å². The van der Waals surface area contributed by atoms with E-state index in [2.05, 4.69) is 27.9 Å². The van der Waals surface area contributed by atoms with Gasteiger partial charge < -0.3 is 0 Å². The molecule has 1 atom stereocenters. The van der Waals surface area contributed by atoms with Crippen molar-refractivity contribution < 1.29 is 9.59 Å². The minimum atomic E-state index is -0.317. The van der Waals surface area contributed by atoms with Crippen molar-refractivity contribution in [1.29, 1.82) is 0 Å². The van der Waals surface area contributed by atoms with Crippen LogP contribution < -0.4 is 5.32 Å². The molecule has 2 fully saturated rings. The molecule has 4 heteroatoms. The summed E-state index contributed by atoms with van der Waals surface area (Å²) in [5.74, 6) is -0.0579. The van der Waals surface area contributed by atoms with Gasteiger partial charge in [0.25, 0.3) is 0 Å². The molecule has 2 rings (SSSR count). The highest BCUT2D eigenvalue weighted by atomic mass is 127. The lowest BCUT2D eigenvalue weighted by atomic mass is 9.74. The molecule has 84 valence electrons. The number of alkyl halides is 1. The van der Waals surface area contributed by atoms with Crippen LogP contribution in [-0.4, -0.2) is 16.2 Å². The van der Waals surface area contributed by atoms with Crippen molar-refractivity contribution in [3.8, 4) is 0 Å². The number of rotatable bonds is 3. The fraction of sp³-hybridized carbons (Fsp3) is 0.818. The molecule has 0 radical (unpaired) electrons. The van der Waals surface area contributed by atoms with Crippen molar-refractivity contribution in [3.05, 3.63) is 0 Å². The number of halogens is 1. The van der Waals surface area contributed by atoms with E-state index in [0.29, 0.717) is 0 Å². The third-order valence-corrected chi connectivity index (χ3v) is 4.56. The fourth-order valence-corrected chi connectivity index (χ4v) is 3.44. The average Bonchev–Trinajstić information content (AvgIpc) is 2.75. The summed E-state index contributed by atoms with van der Waals surface area (Å²) >= 11 is 2.32. The summed E-state index contributed by atoms with van der Waals surface area (Å²) in [6.45, 7) is 0. The van der Waals surface area contributed by atoms with E-state index in [1.807, 2.05) is 0 Å². The second-order valence-electron chi connectivity index (χ2n) is 4.57. The molecule has 1 N–H and O–H groups in total. The van der Waals surface area contributed by atoms with E-state index < -0.39 is 0 Å². The molecular formula is C11H16INO2. The first-order chi connectivity index (χ1) is 7.20. The SMILES string of the molecule is O=C1NC(=O)C2(CCCC2)[C@H]1CCCI. The van der Waals surface area contributed by atoms with Crippen LogP contribution in [0, 0.1) is 11.3 Å². The van der Waals surface area contributed by atoms with Gasteiger partial charge in [0.05, 0.1) is 11.3 Å². The molecular weight excluding hydrogens is 305 g/mol. The summed E-state index contributed by atoms with van der Waals surface area (Å²) in [5, 5.41) is 2.53. The fourth-order valence-electron chi connectivity index (χ4n) is 3.00. The minimum Gasteiger partial charge on any atom is -0.296 e. The summed E-state index contributed by atoms with van der Waals surface area (Å²) < 4.78 is 1.06. The van der Waals surface area contributed by atoms with Gasteiger partial charge in [-0.3, -0.25) is 14.9 Å². The van der Waals surface area contributed by atoms with Crippen molar-refractivity contribution in [1.82, 2.24) is 5.32 Å². The zero-order chi connectivity index (χ0) is 10.9. The van der Waals surface area contributed by atoms with Gasteiger partial charge in [0.1, 0.15) is 0 Å². The summed E-state index contributed by atoms with van der Waals surface area (Å²) in [5.41, 5.74) is -0.317. The van der Waals surface area contributed by atoms with E-state index in [1.54, 1.807) is 0 Å². The Morgan fingerprint density at radius 3 is 2.60 bits per heavy atom. The van der Waals surface area contributed by atoms with Gasteiger partial charge in [-0.1, -0.05) is 35.4 Å². The molecule has 1 aliphatic heterocycles. The van der Waals surface area contributed by atoms with E-state index >= 15 is 0 Å². The molecule has 1 spiro atoms. The first-order valence-electron chi connectivity index (χ1n) is 5.62. The average molecular weight is 321 g/mol. The smallest absolute Gasteiger partial charge is 0.233 e. The molecule has 15 heavy (non-hydrogen) atoms. The van der Waals surface area contributed by atoms with Crippen LogP contribution in [0.2, 0.25) is 0 Å². The van der Waals surface area contributed by atoms with Gasteiger partial charge in [-0.15, -0.1) is 0 Å². The van der Waals surface area contributed by atoms with E-state index in [1.165, 1.54) is 0 Å². The van der Waals surface area contributed by atoms with E-state index in [0.717, 1.165) is 43.0 Å². The van der Waals surface area contributed by atoms with Crippen molar-refractivity contribution >= 4 is 34.4 Å². The molecule has 1 saturated heterocycles. The second kappa shape index (κ2) is 4.39. The largest absolute Gasteiger partial charge is 0.296 e. The Balaban J connectivity index is 2.17. The van der Waals surface area contributed by atoms with Crippen LogP contribution in [0.25, 0.3) is 0 Å². The molecule has 3 nitrogen and oxygen atoms in total. The summed E-state index contributed by atoms with van der Waals surface area (Å²) in [7, 11) is 0. The van der Waals surface area contributed by atoms with Crippen molar-refractivity contribution in [2.24, 2.45) is 11.3 Å². The van der Waals surface area contributed by atoms with Gasteiger partial charge >= 0.3 is 0 Å². The monoisotopic (exact) mass is 321 g/mol. The number of carbonyl (C=O) groups is 2. The van der Waals surface area contributed by atoms with E-state index in [9.17, 15) is 9.59 Å². The first-order valence-corrected chi connectivity index (χ1v) is 7.14. The number of hydrogen-bond donors (Lipinski definition) is 1. The third kappa shape index (κ3) is 1.81. The molecule has 0 aromatic rings. The van der Waals surface area contributed by atoms with Crippen molar-refractivity contribution in [3.63, 3.8) is 0 Å². The third-order valence-electron chi connectivity index (χ3n) is 3.79. The van der Waals surface area contributed by atoms with Gasteiger partial charge in [0.15, 0.2) is 0 Å². The highest BCUT2D eigenvalue weighted by molar-refractivity contribution is 14.1. The zero-order valence-corrected chi connectivity index (χ0v) is 10.9. The van der Waals surface area contributed by atoms with Gasteiger partial charge in [0, 0.05) is 0 Å². The molecule has 0 unspecified atom stereocenters. The number of carbonyl (C=O) groups excluding carboxylic acids is 2. The summed E-state index contributed by atoms with van der Waals surface area (Å²) in [6, 6.07) is 0. The highest BCUT2D eigenvalue weighted by Crippen LogP contribution is 2.49. The zero-order valence-electron chi connectivity index (χ0n) is 8.72. The lowest BCUT2D eigenvalue weighted by Gasteiger charge is -2.25. The molecule has 1 saturated carbocycles. The lowest BCUT2D eigenvalue weighted by Crippen LogP contribution is -2.32. The topological polar surface area (TPSA) is 46.2 Å². The molecule has 0 aromatic heterocycles. The Morgan fingerprint density at radius 1 is 1.33 bits per heavy atom. The minimum absolute atomic E-state index is 0.00320. The molecule has 2 aliphatic rings. The standard InChI is InChI=1S/C11H16INO2/c12-7-3-4-8-9(14)13-10(15)11(8)5-1-2-6-11/h8H,1-7H2,(H,13,14,15)/t8-/m0/s1. The maximum absolute atomic E-state index is 11.8. The van der Waals surface area contributed by atoms with Gasteiger partial charge in [-0.2, -0.15) is 0 Å². The highest BCUT2D eigenvalue weighted by Gasteiger charge is 2.55. The number of nitrogens with one attached hydrogen (secondary N) is 1. The Bertz CT molecular complexity index is 284. The van der Waals surface area contributed by atoms with Crippen LogP contribution in [0.3, 0.4) is 0 Å². The number of imide groups is 1. The Hall–Kier alpha value is -0.130. The molecule has 1 aliphatic carbocycles. The lowest BCUT2D eigenvalue weighted by molar-refractivity contribution is -0.128. The van der Waals surface area contributed by atoms with Crippen molar-refractivity contribution in [2.45, 2.75) is 38.5 Å². The Labute approximate surface area is 104 Å². The normalized spacial score (nSPS) is 28.7. The Kier molecular flexibility index (Phi) is 3.33. The van der Waals surface area contributed by atoms with E-state index in [-0.39, 0.29) is 23.1 Å². The molecule has 1 heterocycles. The van der Waals surface area contributed by atoms with Crippen LogP contribution in [0.4, 0.5) is 0 Å². The quantitative estimate of drug-likeness (QED) is 0.491. The predicted octanol–water partition coefficient (Wildman–Crippen LogP) is 2.03. The molecule has 0 aromatic carbocycles. The van der Waals surface area contributed by atoms with Crippen LogP contribution in [-0.2, 0) is 9.59 Å². The van der Waals surface area contributed by atoms with Crippen LogP contribution in [0.15, 0.2) is 0 Å². The van der Waals surface area contributed by atoms with E-state index in [4.69, 9.17) is 0 Å².